The molecule has 5 rings (SSSR count). The van der Waals surface area contributed by atoms with E-state index in [-0.39, 0.29) is 11.8 Å². The van der Waals surface area contributed by atoms with Crippen LogP contribution in [0.1, 0.15) is 50.3 Å². The fourth-order valence-electron chi connectivity index (χ4n) is 5.34. The van der Waals surface area contributed by atoms with Gasteiger partial charge < -0.3 is 14.8 Å². The number of benzene rings is 1. The number of rotatable bonds is 8. The first-order valence-electron chi connectivity index (χ1n) is 12.8. The molecule has 1 atom stereocenters. The van der Waals surface area contributed by atoms with Crippen LogP contribution in [0.25, 0.3) is 10.8 Å². The number of aromatic nitrogens is 2. The van der Waals surface area contributed by atoms with Crippen molar-refractivity contribution in [2.45, 2.75) is 58.4 Å². The lowest BCUT2D eigenvalue weighted by molar-refractivity contribution is -0.146. The van der Waals surface area contributed by atoms with Crippen molar-refractivity contribution in [3.05, 3.63) is 70.2 Å². The van der Waals surface area contributed by atoms with Crippen LogP contribution in [0.2, 0.25) is 0 Å². The third-order valence-electron chi connectivity index (χ3n) is 7.23. The number of esters is 1. The predicted molar refractivity (Wildman–Crippen MR) is 145 cm³/mol. The number of carbonyl (C=O) groups excluding carboxylic acids is 2. The highest BCUT2D eigenvalue weighted by Gasteiger charge is 2.53. The second-order valence-electron chi connectivity index (χ2n) is 9.73. The Morgan fingerprint density at radius 2 is 1.92 bits per heavy atom. The second kappa shape index (κ2) is 10.6. The Hall–Kier alpha value is -3.26. The summed E-state index contributed by atoms with van der Waals surface area (Å²) in [6.07, 6.45) is 8.73. The maximum Gasteiger partial charge on any atom is 0.328 e. The van der Waals surface area contributed by atoms with E-state index in [1.54, 1.807) is 19.3 Å². The minimum atomic E-state index is -0.602. The number of hydrogen-bond acceptors (Lipinski definition) is 7. The maximum absolute atomic E-state index is 12.9. The predicted octanol–water partition coefficient (Wildman–Crippen LogP) is 5.93. The van der Waals surface area contributed by atoms with Gasteiger partial charge in [-0.1, -0.05) is 31.4 Å². The van der Waals surface area contributed by atoms with Crippen molar-refractivity contribution in [3.8, 4) is 11.6 Å². The number of fused-ring (bicyclic) bond motifs is 1. The minimum absolute atomic E-state index is 0.145. The van der Waals surface area contributed by atoms with E-state index < -0.39 is 11.5 Å². The smallest absolute Gasteiger partial charge is 0.328 e. The summed E-state index contributed by atoms with van der Waals surface area (Å²) in [6, 6.07) is 10.9. The van der Waals surface area contributed by atoms with Crippen molar-refractivity contribution < 1.29 is 19.1 Å². The molecule has 1 spiro atoms. The summed E-state index contributed by atoms with van der Waals surface area (Å²) in [6.45, 7) is 4.02. The van der Waals surface area contributed by atoms with Gasteiger partial charge in [0.25, 0.3) is 0 Å². The molecule has 0 unspecified atom stereocenters. The summed E-state index contributed by atoms with van der Waals surface area (Å²) in [4.78, 5) is 34.4. The van der Waals surface area contributed by atoms with Gasteiger partial charge in [0.05, 0.1) is 21.9 Å². The van der Waals surface area contributed by atoms with Gasteiger partial charge in [0.1, 0.15) is 11.8 Å². The van der Waals surface area contributed by atoms with Gasteiger partial charge in [-0.2, -0.15) is 0 Å². The summed E-state index contributed by atoms with van der Waals surface area (Å²) in [7, 11) is 0. The van der Waals surface area contributed by atoms with E-state index in [0.717, 1.165) is 59.8 Å². The molecular weight excluding hydrogens is 534 g/mol. The van der Waals surface area contributed by atoms with Crippen LogP contribution in [0.3, 0.4) is 0 Å². The normalized spacial score (nSPS) is 17.4. The number of nitrogens with one attached hydrogen (secondary N) is 1. The molecule has 2 heterocycles. The van der Waals surface area contributed by atoms with Gasteiger partial charge in [0.2, 0.25) is 5.88 Å². The summed E-state index contributed by atoms with van der Waals surface area (Å²) in [5, 5.41) is 5.26. The van der Waals surface area contributed by atoms with Crippen LogP contribution in [-0.2, 0) is 20.7 Å². The van der Waals surface area contributed by atoms with Crippen LogP contribution in [0.15, 0.2) is 59.0 Å². The van der Waals surface area contributed by atoms with Crippen LogP contribution in [0.4, 0.5) is 0 Å². The average molecular weight is 564 g/mol. The third-order valence-corrected chi connectivity index (χ3v) is 7.99. The number of ether oxygens (including phenoxy) is 2. The highest BCUT2D eigenvalue weighted by Crippen LogP contribution is 2.53. The van der Waals surface area contributed by atoms with E-state index in [2.05, 4.69) is 31.2 Å². The van der Waals surface area contributed by atoms with E-state index in [9.17, 15) is 9.59 Å². The molecule has 3 aromatic rings. The Bertz CT molecular complexity index is 1360. The van der Waals surface area contributed by atoms with E-state index in [4.69, 9.17) is 9.47 Å². The first-order valence-corrected chi connectivity index (χ1v) is 13.6. The van der Waals surface area contributed by atoms with Gasteiger partial charge in [-0.25, -0.2) is 9.78 Å². The standard InChI is InChI=1S/C29H30BrN3O4/c1-3-36-28(35)23(33-25-24(30)26(34)29(25)12-5-4-6-13-29)16-19-7-9-21(10-8-19)37-27-22-17-31-14-11-20(22)15-18(2)32-27/h7-11,14-15,17,23,33H,3-6,12-13,16H2,1-2H3/t23-/m0/s1. The number of hydrogen-bond donors (Lipinski definition) is 1. The quantitative estimate of drug-likeness (QED) is 0.339. The number of nitrogens with zero attached hydrogens (tertiary/aromatic N) is 2. The molecule has 0 aliphatic heterocycles. The van der Waals surface area contributed by atoms with Crippen molar-refractivity contribution in [2.75, 3.05) is 6.61 Å². The van der Waals surface area contributed by atoms with Gasteiger partial charge >= 0.3 is 5.97 Å². The minimum Gasteiger partial charge on any atom is -0.464 e. The van der Waals surface area contributed by atoms with E-state index in [1.807, 2.05) is 43.3 Å². The molecule has 192 valence electrons. The molecule has 0 bridgehead atoms. The number of allylic oxidation sites excluding steroid dienone is 2. The zero-order valence-corrected chi connectivity index (χ0v) is 22.6. The van der Waals surface area contributed by atoms with Gasteiger partial charge in [0, 0.05) is 30.2 Å². The Kier molecular flexibility index (Phi) is 7.29. The third kappa shape index (κ3) is 4.99. The summed E-state index contributed by atoms with van der Waals surface area (Å²) < 4.78 is 12.0. The number of Topliss-reactive ketones (excluding diaryl/α,β-unsaturated/α-hetero) is 1. The first-order chi connectivity index (χ1) is 17.9. The monoisotopic (exact) mass is 563 g/mol. The molecule has 1 aromatic carbocycles. The van der Waals surface area contributed by atoms with E-state index >= 15 is 0 Å². The lowest BCUT2D eigenvalue weighted by atomic mass is 9.62. The molecule has 1 fully saturated rings. The molecule has 1 saturated carbocycles. The largest absolute Gasteiger partial charge is 0.464 e. The zero-order valence-electron chi connectivity index (χ0n) is 21.1. The lowest BCUT2D eigenvalue weighted by Crippen LogP contribution is -2.53. The SMILES string of the molecule is CCOC(=O)[C@H](Cc1ccc(Oc2nc(C)cc3ccncc23)cc1)NC1=C(Br)C(=O)C12CCCCC2. The van der Waals surface area contributed by atoms with Gasteiger partial charge in [-0.3, -0.25) is 9.78 Å². The summed E-state index contributed by atoms with van der Waals surface area (Å²) in [5.74, 6) is 0.963. The van der Waals surface area contributed by atoms with Crippen LogP contribution in [-0.4, -0.2) is 34.4 Å². The van der Waals surface area contributed by atoms with Crippen molar-refractivity contribution in [1.29, 1.82) is 0 Å². The lowest BCUT2D eigenvalue weighted by Gasteiger charge is -2.46. The first kappa shape index (κ1) is 25.4. The summed E-state index contributed by atoms with van der Waals surface area (Å²) in [5.41, 5.74) is 2.17. The van der Waals surface area contributed by atoms with Crippen LogP contribution in [0.5, 0.6) is 11.6 Å². The summed E-state index contributed by atoms with van der Waals surface area (Å²) >= 11 is 3.46. The van der Waals surface area contributed by atoms with E-state index in [0.29, 0.717) is 29.1 Å². The molecule has 2 aromatic heterocycles. The fourth-order valence-corrected chi connectivity index (χ4v) is 6.21. The number of aryl methyl sites for hydroxylation is 1. The Balaban J connectivity index is 1.34. The molecule has 0 radical (unpaired) electrons. The number of carbonyl (C=O) groups is 2. The van der Waals surface area contributed by atoms with Crippen LogP contribution >= 0.6 is 15.9 Å². The zero-order chi connectivity index (χ0) is 26.0. The van der Waals surface area contributed by atoms with Crippen molar-refractivity contribution >= 4 is 38.5 Å². The molecule has 2 aliphatic carbocycles. The average Bonchev–Trinajstić information content (AvgIpc) is 2.92. The Labute approximate surface area is 224 Å². The maximum atomic E-state index is 12.9. The Morgan fingerprint density at radius 1 is 1.16 bits per heavy atom. The number of ketones is 1. The number of halogens is 1. The molecule has 1 N–H and O–H groups in total. The highest BCUT2D eigenvalue weighted by atomic mass is 79.9. The fraction of sp³-hybridized carbons (Fsp3) is 0.379. The van der Waals surface area contributed by atoms with Crippen molar-refractivity contribution in [3.63, 3.8) is 0 Å². The molecule has 8 heteroatoms. The van der Waals surface area contributed by atoms with Gasteiger partial charge in [-0.05, 0) is 77.8 Å². The molecule has 2 aliphatic rings. The number of pyridine rings is 2. The molecular formula is C29H30BrN3O4. The molecule has 7 nitrogen and oxygen atoms in total. The molecule has 37 heavy (non-hydrogen) atoms. The van der Waals surface area contributed by atoms with Gasteiger partial charge in [-0.15, -0.1) is 0 Å². The van der Waals surface area contributed by atoms with E-state index in [1.165, 1.54) is 0 Å². The Morgan fingerprint density at radius 3 is 2.65 bits per heavy atom. The van der Waals surface area contributed by atoms with Gasteiger partial charge in [0.15, 0.2) is 5.78 Å². The molecule has 0 saturated heterocycles. The topological polar surface area (TPSA) is 90.4 Å². The van der Waals surface area contributed by atoms with Crippen LogP contribution in [0, 0.1) is 12.3 Å². The van der Waals surface area contributed by atoms with Crippen LogP contribution < -0.4 is 10.1 Å². The highest BCUT2D eigenvalue weighted by molar-refractivity contribution is 9.12. The van der Waals surface area contributed by atoms with Crippen molar-refractivity contribution in [1.82, 2.24) is 15.3 Å². The van der Waals surface area contributed by atoms with Crippen molar-refractivity contribution in [2.24, 2.45) is 5.41 Å². The second-order valence-corrected chi connectivity index (χ2v) is 10.5. The molecule has 0 amide bonds.